The van der Waals surface area contributed by atoms with Gasteiger partial charge in [0.05, 0.1) is 13.1 Å². The Hall–Kier alpha value is -1.88. The highest BCUT2D eigenvalue weighted by Gasteiger charge is 2.30. The topological polar surface area (TPSA) is 60.9 Å². The van der Waals surface area contributed by atoms with E-state index in [0.29, 0.717) is 0 Å². The SMILES string of the molecule is CC1Cc2ccccc2N1C(=O)CN(C)CC(=O)O. The monoisotopic (exact) mass is 262 g/mol. The molecule has 1 heterocycles. The zero-order chi connectivity index (χ0) is 14.0. The average molecular weight is 262 g/mol. The fourth-order valence-corrected chi connectivity index (χ4v) is 2.54. The first kappa shape index (κ1) is 13.5. The number of rotatable bonds is 4. The smallest absolute Gasteiger partial charge is 0.317 e. The number of amides is 1. The first-order chi connectivity index (χ1) is 8.99. The summed E-state index contributed by atoms with van der Waals surface area (Å²) in [7, 11) is 1.64. The van der Waals surface area contributed by atoms with Crippen molar-refractivity contribution in [2.45, 2.75) is 19.4 Å². The van der Waals surface area contributed by atoms with Crippen molar-refractivity contribution in [3.8, 4) is 0 Å². The lowest BCUT2D eigenvalue weighted by molar-refractivity contribution is -0.138. The molecule has 0 aromatic heterocycles. The highest BCUT2D eigenvalue weighted by molar-refractivity contribution is 5.97. The van der Waals surface area contributed by atoms with Gasteiger partial charge in [0.1, 0.15) is 0 Å². The summed E-state index contributed by atoms with van der Waals surface area (Å²) in [5, 5.41) is 8.71. The Bertz CT molecular complexity index is 501. The van der Waals surface area contributed by atoms with E-state index in [0.717, 1.165) is 12.1 Å². The van der Waals surface area contributed by atoms with E-state index < -0.39 is 5.97 Å². The summed E-state index contributed by atoms with van der Waals surface area (Å²) in [6.07, 6.45) is 0.852. The Morgan fingerprint density at radius 3 is 2.74 bits per heavy atom. The highest BCUT2D eigenvalue weighted by atomic mass is 16.4. The summed E-state index contributed by atoms with van der Waals surface area (Å²) in [6.45, 7) is 2.00. The van der Waals surface area contributed by atoms with Crippen LogP contribution >= 0.6 is 0 Å². The zero-order valence-corrected chi connectivity index (χ0v) is 11.2. The number of aliphatic carboxylic acids is 1. The first-order valence-corrected chi connectivity index (χ1v) is 6.29. The van der Waals surface area contributed by atoms with Gasteiger partial charge in [-0.2, -0.15) is 0 Å². The molecule has 0 fully saturated rings. The number of anilines is 1. The molecule has 0 spiro atoms. The second-order valence-electron chi connectivity index (χ2n) is 5.01. The van der Waals surface area contributed by atoms with E-state index in [-0.39, 0.29) is 25.0 Å². The van der Waals surface area contributed by atoms with Crippen molar-refractivity contribution in [3.63, 3.8) is 0 Å². The number of hydrogen-bond donors (Lipinski definition) is 1. The van der Waals surface area contributed by atoms with Crippen LogP contribution in [0.4, 0.5) is 5.69 Å². The predicted molar refractivity (Wildman–Crippen MR) is 72.2 cm³/mol. The molecule has 0 radical (unpaired) electrons. The fraction of sp³-hybridized carbons (Fsp3) is 0.429. The summed E-state index contributed by atoms with van der Waals surface area (Å²) in [4.78, 5) is 26.2. The number of carbonyl (C=O) groups is 2. The van der Waals surface area contributed by atoms with Gasteiger partial charge in [-0.3, -0.25) is 14.5 Å². The van der Waals surface area contributed by atoms with Crippen LogP contribution in [0.25, 0.3) is 0 Å². The third-order valence-electron chi connectivity index (χ3n) is 3.29. The lowest BCUT2D eigenvalue weighted by Gasteiger charge is -2.25. The molecule has 1 aromatic rings. The third-order valence-corrected chi connectivity index (χ3v) is 3.29. The molecule has 102 valence electrons. The highest BCUT2D eigenvalue weighted by Crippen LogP contribution is 2.31. The second kappa shape index (κ2) is 5.40. The Kier molecular flexibility index (Phi) is 3.85. The maximum atomic E-state index is 12.3. The Balaban J connectivity index is 2.09. The van der Waals surface area contributed by atoms with E-state index in [1.165, 1.54) is 10.5 Å². The minimum Gasteiger partial charge on any atom is -0.480 e. The van der Waals surface area contributed by atoms with E-state index in [2.05, 4.69) is 0 Å². The van der Waals surface area contributed by atoms with Crippen LogP contribution < -0.4 is 4.90 Å². The van der Waals surface area contributed by atoms with E-state index in [1.54, 1.807) is 11.9 Å². The largest absolute Gasteiger partial charge is 0.480 e. The second-order valence-corrected chi connectivity index (χ2v) is 5.01. The van der Waals surface area contributed by atoms with Gasteiger partial charge < -0.3 is 10.0 Å². The van der Waals surface area contributed by atoms with Crippen LogP contribution in [0.1, 0.15) is 12.5 Å². The zero-order valence-electron chi connectivity index (χ0n) is 11.2. The molecule has 1 aromatic carbocycles. The van der Waals surface area contributed by atoms with Crippen LogP contribution in [0.15, 0.2) is 24.3 Å². The Morgan fingerprint density at radius 2 is 2.05 bits per heavy atom. The molecular weight excluding hydrogens is 244 g/mol. The van der Waals surface area contributed by atoms with Crippen LogP contribution in [0, 0.1) is 0 Å². The molecule has 0 saturated carbocycles. The van der Waals surface area contributed by atoms with Crippen LogP contribution in [0.5, 0.6) is 0 Å². The minimum atomic E-state index is -0.926. The maximum absolute atomic E-state index is 12.3. The maximum Gasteiger partial charge on any atom is 0.317 e. The number of carboxylic acid groups (broad SMARTS) is 1. The molecule has 0 aliphatic carbocycles. The number of likely N-dealkylation sites (N-methyl/N-ethyl adjacent to an activating group) is 1. The molecule has 19 heavy (non-hydrogen) atoms. The number of nitrogens with zero attached hydrogens (tertiary/aromatic N) is 2. The van der Waals surface area contributed by atoms with Crippen molar-refractivity contribution in [1.29, 1.82) is 0 Å². The molecule has 5 nitrogen and oxygen atoms in total. The van der Waals surface area contributed by atoms with Gasteiger partial charge in [0.25, 0.3) is 0 Å². The first-order valence-electron chi connectivity index (χ1n) is 6.29. The number of hydrogen-bond acceptors (Lipinski definition) is 3. The molecule has 1 aliphatic heterocycles. The van der Waals surface area contributed by atoms with Crippen molar-refractivity contribution in [2.75, 3.05) is 25.0 Å². The van der Waals surface area contributed by atoms with Crippen molar-refractivity contribution in [2.24, 2.45) is 0 Å². The quantitative estimate of drug-likeness (QED) is 0.878. The molecule has 1 unspecified atom stereocenters. The summed E-state index contributed by atoms with van der Waals surface area (Å²) in [5.41, 5.74) is 2.12. The predicted octanol–water partition coefficient (Wildman–Crippen LogP) is 0.981. The molecule has 1 atom stereocenters. The van der Waals surface area contributed by atoms with Crippen LogP contribution in [-0.2, 0) is 16.0 Å². The molecule has 0 bridgehead atoms. The number of fused-ring (bicyclic) bond motifs is 1. The standard InChI is InChI=1S/C14H18N2O3/c1-10-7-11-5-3-4-6-12(11)16(10)13(17)8-15(2)9-14(18)19/h3-6,10H,7-9H2,1-2H3,(H,18,19). The van der Waals surface area contributed by atoms with E-state index in [4.69, 9.17) is 5.11 Å². The summed E-state index contributed by atoms with van der Waals surface area (Å²) in [6, 6.07) is 7.98. The van der Waals surface area contributed by atoms with Crippen molar-refractivity contribution >= 4 is 17.6 Å². The Labute approximate surface area is 112 Å². The van der Waals surface area contributed by atoms with Crippen molar-refractivity contribution in [1.82, 2.24) is 4.90 Å². The fourth-order valence-electron chi connectivity index (χ4n) is 2.54. The molecule has 0 saturated heterocycles. The van der Waals surface area contributed by atoms with Gasteiger partial charge in [0.15, 0.2) is 0 Å². The molecule has 1 amide bonds. The van der Waals surface area contributed by atoms with Gasteiger partial charge in [-0.05, 0) is 32.0 Å². The van der Waals surface area contributed by atoms with Crippen LogP contribution in [0.3, 0.4) is 0 Å². The van der Waals surface area contributed by atoms with Gasteiger partial charge in [-0.1, -0.05) is 18.2 Å². The minimum absolute atomic E-state index is 0.0544. The van der Waals surface area contributed by atoms with E-state index in [9.17, 15) is 9.59 Å². The number of para-hydroxylation sites is 1. The molecule has 5 heteroatoms. The van der Waals surface area contributed by atoms with E-state index >= 15 is 0 Å². The lowest BCUT2D eigenvalue weighted by Crippen LogP contribution is -2.43. The Morgan fingerprint density at radius 1 is 1.37 bits per heavy atom. The van der Waals surface area contributed by atoms with Gasteiger partial charge in [-0.15, -0.1) is 0 Å². The summed E-state index contributed by atoms with van der Waals surface area (Å²) in [5.74, 6) is -0.980. The molecular formula is C14H18N2O3. The van der Waals surface area contributed by atoms with Gasteiger partial charge in [0, 0.05) is 11.7 Å². The van der Waals surface area contributed by atoms with Crippen LogP contribution in [0.2, 0.25) is 0 Å². The number of carboxylic acids is 1. The molecule has 2 rings (SSSR count). The third kappa shape index (κ3) is 2.93. The molecule has 1 aliphatic rings. The normalized spacial score (nSPS) is 17.6. The van der Waals surface area contributed by atoms with E-state index in [1.807, 2.05) is 31.2 Å². The van der Waals surface area contributed by atoms with Crippen LogP contribution in [-0.4, -0.2) is 48.1 Å². The van der Waals surface area contributed by atoms with Gasteiger partial charge in [0.2, 0.25) is 5.91 Å². The summed E-state index contributed by atoms with van der Waals surface area (Å²) < 4.78 is 0. The number of benzene rings is 1. The lowest BCUT2D eigenvalue weighted by atomic mass is 10.1. The summed E-state index contributed by atoms with van der Waals surface area (Å²) >= 11 is 0. The average Bonchev–Trinajstić information content (AvgIpc) is 2.63. The van der Waals surface area contributed by atoms with Crippen molar-refractivity contribution < 1.29 is 14.7 Å². The van der Waals surface area contributed by atoms with Gasteiger partial charge >= 0.3 is 5.97 Å². The molecule has 1 N–H and O–H groups in total. The number of carbonyl (C=O) groups excluding carboxylic acids is 1. The van der Waals surface area contributed by atoms with Crippen molar-refractivity contribution in [3.05, 3.63) is 29.8 Å². The van der Waals surface area contributed by atoms with Gasteiger partial charge in [-0.25, -0.2) is 0 Å².